The van der Waals surface area contributed by atoms with Crippen molar-refractivity contribution in [3.63, 3.8) is 0 Å². The minimum atomic E-state index is -6.82. The summed E-state index contributed by atoms with van der Waals surface area (Å²) in [6.07, 6.45) is -11.2. The Hall–Kier alpha value is -4.38. The summed E-state index contributed by atoms with van der Waals surface area (Å²) in [5.41, 5.74) is -21.0. The highest BCUT2D eigenvalue weighted by molar-refractivity contribution is 7.92. The fourth-order valence-corrected chi connectivity index (χ4v) is 8.77. The van der Waals surface area contributed by atoms with Crippen LogP contribution in [0.1, 0.15) is 48.2 Å². The zero-order chi connectivity index (χ0) is 45.7. The van der Waals surface area contributed by atoms with Crippen LogP contribution in [-0.2, 0) is 37.0 Å². The largest absolute Gasteiger partial charge is 0.502 e. The highest BCUT2D eigenvalue weighted by Gasteiger charge is 2.56. The third-order valence-corrected chi connectivity index (χ3v) is 12.7. The summed E-state index contributed by atoms with van der Waals surface area (Å²) >= 11 is 24.5. The zero-order valence-electron chi connectivity index (χ0n) is 28.8. The third-order valence-electron chi connectivity index (χ3n) is 8.46. The molecule has 6 rings (SSSR count). The van der Waals surface area contributed by atoms with Gasteiger partial charge < -0.3 is 0 Å². The first-order chi connectivity index (χ1) is 27.9. The fourth-order valence-electron chi connectivity index (χ4n) is 5.49. The number of alkyl halides is 12. The number of sulfone groups is 2. The van der Waals surface area contributed by atoms with E-state index in [0.717, 1.165) is 12.1 Å². The molecular formula is C30H14Cl4F12N8O5S2. The molecular weight excluding hydrogens is 986 g/mol. The van der Waals surface area contributed by atoms with Crippen LogP contribution < -0.4 is 10.1 Å². The molecule has 0 unspecified atom stereocenters. The SMILES string of the molecule is N#Cc1nn(-c2c(Cl)cc(C(F)(F)F)cc2Cl)c(N(ON(c2c(S(=O)(=O)C(F)(F)F)c(C#N)nn2-c2c(Cl)cc(C(F)(F)F)cc2Cl)C2CC2)C2CC2)c1S(=O)(=O)C(F)(F)F. The van der Waals surface area contributed by atoms with Gasteiger partial charge in [-0.1, -0.05) is 46.4 Å². The average molecular weight is 1000 g/mol. The Kier molecular flexibility index (Phi) is 11.5. The van der Waals surface area contributed by atoms with Crippen LogP contribution in [0.5, 0.6) is 0 Å². The number of aromatic nitrogens is 4. The van der Waals surface area contributed by atoms with Gasteiger partial charge in [0, 0.05) is 0 Å². The molecule has 0 saturated heterocycles. The lowest BCUT2D eigenvalue weighted by atomic mass is 10.2. The monoisotopic (exact) mass is 998 g/mol. The molecule has 13 nitrogen and oxygen atoms in total. The number of rotatable bonds is 10. The van der Waals surface area contributed by atoms with Crippen LogP contribution >= 0.6 is 46.4 Å². The van der Waals surface area contributed by atoms with E-state index < -0.39 is 131 Å². The number of hydroxylamine groups is 2. The maximum atomic E-state index is 14.4. The predicted octanol–water partition coefficient (Wildman–Crippen LogP) is 9.52. The molecule has 2 fully saturated rings. The van der Waals surface area contributed by atoms with Crippen molar-refractivity contribution in [2.45, 2.75) is 70.9 Å². The highest BCUT2D eigenvalue weighted by Crippen LogP contribution is 2.50. The summed E-state index contributed by atoms with van der Waals surface area (Å²) in [5, 5.41) is 22.9. The molecule has 2 aliphatic carbocycles. The van der Waals surface area contributed by atoms with Gasteiger partial charge in [0.2, 0.25) is 0 Å². The number of hydrogen-bond donors (Lipinski definition) is 0. The lowest BCUT2D eigenvalue weighted by Gasteiger charge is -2.33. The van der Waals surface area contributed by atoms with Crippen LogP contribution in [0.3, 0.4) is 0 Å². The van der Waals surface area contributed by atoms with E-state index in [1.807, 2.05) is 0 Å². The van der Waals surface area contributed by atoms with E-state index in [4.69, 9.17) is 51.3 Å². The number of halogens is 16. The Balaban J connectivity index is 1.72. The maximum Gasteiger partial charge on any atom is 0.502 e. The van der Waals surface area contributed by atoms with Gasteiger partial charge in [0.25, 0.3) is 19.7 Å². The van der Waals surface area contributed by atoms with Crippen molar-refractivity contribution in [3.05, 3.63) is 66.9 Å². The van der Waals surface area contributed by atoms with Crippen molar-refractivity contribution < 1.29 is 74.5 Å². The number of benzene rings is 2. The summed E-state index contributed by atoms with van der Waals surface area (Å²) in [6, 6.07) is 0.0995. The Morgan fingerprint density at radius 2 is 0.869 bits per heavy atom. The van der Waals surface area contributed by atoms with Crippen LogP contribution in [-0.4, -0.2) is 59.5 Å². The molecule has 0 spiro atoms. The molecule has 0 amide bonds. The van der Waals surface area contributed by atoms with Gasteiger partial charge in [-0.15, -0.1) is 4.94 Å². The van der Waals surface area contributed by atoms with E-state index in [-0.39, 0.29) is 69.4 Å². The van der Waals surface area contributed by atoms with Gasteiger partial charge in [-0.25, -0.2) is 36.3 Å². The number of nitrogens with zero attached hydrogens (tertiary/aromatic N) is 8. The number of anilines is 2. The first-order valence-electron chi connectivity index (χ1n) is 16.0. The molecule has 0 radical (unpaired) electrons. The Morgan fingerprint density at radius 1 is 0.590 bits per heavy atom. The van der Waals surface area contributed by atoms with Gasteiger partial charge in [0.1, 0.15) is 23.5 Å². The van der Waals surface area contributed by atoms with Gasteiger partial charge >= 0.3 is 23.4 Å². The fraction of sp³-hybridized carbons (Fsp3) is 0.333. The van der Waals surface area contributed by atoms with E-state index in [2.05, 4.69) is 10.2 Å². The van der Waals surface area contributed by atoms with E-state index in [0.29, 0.717) is 0 Å². The van der Waals surface area contributed by atoms with E-state index in [1.165, 1.54) is 0 Å². The van der Waals surface area contributed by atoms with Crippen molar-refractivity contribution in [1.29, 1.82) is 10.5 Å². The van der Waals surface area contributed by atoms with Gasteiger partial charge in [-0.3, -0.25) is 0 Å². The van der Waals surface area contributed by atoms with E-state index in [9.17, 15) is 80.0 Å². The van der Waals surface area contributed by atoms with Crippen molar-refractivity contribution in [1.82, 2.24) is 19.6 Å². The summed E-state index contributed by atoms with van der Waals surface area (Å²) in [5.74, 6) is -3.05. The lowest BCUT2D eigenvalue weighted by molar-refractivity contribution is -0.138. The van der Waals surface area contributed by atoms with Crippen LogP contribution in [0, 0.1) is 22.7 Å². The van der Waals surface area contributed by atoms with Crippen molar-refractivity contribution in [3.8, 4) is 23.5 Å². The number of hydrogen-bond acceptors (Lipinski definition) is 11. The Labute approximate surface area is 352 Å². The van der Waals surface area contributed by atoms with Gasteiger partial charge in [0.15, 0.2) is 32.8 Å². The Morgan fingerprint density at radius 3 is 1.08 bits per heavy atom. The second kappa shape index (κ2) is 15.2. The Bertz CT molecular complexity index is 2550. The molecule has 2 aromatic heterocycles. The molecule has 0 bridgehead atoms. The summed E-state index contributed by atoms with van der Waals surface area (Å²) in [4.78, 5) is 1.72. The third kappa shape index (κ3) is 8.20. The second-order valence-corrected chi connectivity index (χ2v) is 18.1. The molecule has 0 atom stereocenters. The first kappa shape index (κ1) is 46.1. The van der Waals surface area contributed by atoms with E-state index in [1.54, 1.807) is 0 Å². The normalized spacial score (nSPS) is 15.4. The van der Waals surface area contributed by atoms with Crippen LogP contribution in [0.2, 0.25) is 20.1 Å². The van der Waals surface area contributed by atoms with Gasteiger partial charge in [-0.2, -0.15) is 73.4 Å². The molecule has 2 saturated carbocycles. The molecule has 0 aliphatic heterocycles. The van der Waals surface area contributed by atoms with Crippen molar-refractivity contribution in [2.24, 2.45) is 0 Å². The molecule has 328 valence electrons. The number of nitriles is 2. The predicted molar refractivity (Wildman–Crippen MR) is 185 cm³/mol. The van der Waals surface area contributed by atoms with Gasteiger partial charge in [-0.05, 0) is 49.9 Å². The molecule has 0 N–H and O–H groups in total. The van der Waals surface area contributed by atoms with Crippen molar-refractivity contribution >= 4 is 77.7 Å². The molecule has 2 aromatic carbocycles. The smallest absolute Gasteiger partial charge is 0.214 e. The summed E-state index contributed by atoms with van der Waals surface area (Å²) in [7, 11) is -13.6. The summed E-state index contributed by atoms with van der Waals surface area (Å²) < 4.78 is 221. The molecule has 31 heteroatoms. The topological polar surface area (TPSA) is 167 Å². The molecule has 61 heavy (non-hydrogen) atoms. The minimum absolute atomic E-state index is 0.0559. The lowest BCUT2D eigenvalue weighted by Crippen LogP contribution is -2.42. The maximum absolute atomic E-state index is 14.4. The highest BCUT2D eigenvalue weighted by atomic mass is 35.5. The zero-order valence-corrected chi connectivity index (χ0v) is 33.4. The van der Waals surface area contributed by atoms with E-state index >= 15 is 0 Å². The summed E-state index contributed by atoms with van der Waals surface area (Å²) in [6.45, 7) is 0. The molecule has 2 aliphatic rings. The van der Waals surface area contributed by atoms with Crippen LogP contribution in [0.4, 0.5) is 64.3 Å². The first-order valence-corrected chi connectivity index (χ1v) is 20.4. The van der Waals surface area contributed by atoms with Crippen LogP contribution in [0.25, 0.3) is 11.4 Å². The standard InChI is InChI=1S/C30H14Cl4F12N8O5S2/c31-15-5-11(27(35,36)37)6-16(32)21(15)51-25(23(19(9-47)49-51)60(55,56)29(41,42)43)53(13-1-2-13)59-54(14-3-4-14)26-24(61(57,58)30(44,45)46)20(10-48)50-52(26)22-17(33)7-12(8-18(22)34)28(38,39)40/h5-8,13-14H,1-4H2. The van der Waals surface area contributed by atoms with Crippen LogP contribution in [0.15, 0.2) is 34.1 Å². The molecule has 4 aromatic rings. The second-order valence-electron chi connectivity index (χ2n) is 12.7. The van der Waals surface area contributed by atoms with Crippen molar-refractivity contribution in [2.75, 3.05) is 10.1 Å². The van der Waals surface area contributed by atoms with Gasteiger partial charge in [0.05, 0.1) is 43.3 Å². The molecule has 2 heterocycles. The quantitative estimate of drug-likeness (QED) is 0.110. The average Bonchev–Trinajstić information content (AvgIpc) is 4.05. The minimum Gasteiger partial charge on any atom is -0.214 e.